The Morgan fingerprint density at radius 2 is 0.963 bits per heavy atom. The van der Waals surface area contributed by atoms with Gasteiger partial charge in [-0.1, -0.05) is 120 Å². The van der Waals surface area contributed by atoms with Crippen LogP contribution in [0.5, 0.6) is 0 Å². The van der Waals surface area contributed by atoms with E-state index in [4.69, 9.17) is 24.7 Å². The molecule has 0 radical (unpaired) electrons. The van der Waals surface area contributed by atoms with E-state index in [-0.39, 0.29) is 11.1 Å². The lowest BCUT2D eigenvalue weighted by atomic mass is 10.2. The third kappa shape index (κ3) is 3.15. The quantitative estimate of drug-likeness (QED) is 0.373. The molecule has 0 aliphatic rings. The van der Waals surface area contributed by atoms with E-state index in [1.54, 1.807) is 0 Å². The average molecular weight is 383 g/mol. The summed E-state index contributed by atoms with van der Waals surface area (Å²) >= 11 is 0. The standard InChI is InChI=1S/C26H24Si/c1-21-16-18-25(19-17-21)27(23-11-5-3-6-12-23,24-13-7-4-8-14-24)26-15-9-10-22(2)20-26/h3-20H,1-2H3/i3D,4D,5D,6D,7D,8D,9D,10D,11D,12D,13D,14D,15D,16D,17D,18D,19D,20D. The molecule has 0 saturated heterocycles. The van der Waals surface area contributed by atoms with Crippen LogP contribution in [0.25, 0.3) is 0 Å². The molecule has 0 fully saturated rings. The molecule has 0 spiro atoms. The predicted molar refractivity (Wildman–Crippen MR) is 120 cm³/mol. The van der Waals surface area contributed by atoms with E-state index in [9.17, 15) is 0 Å². The van der Waals surface area contributed by atoms with Crippen LogP contribution in [0.4, 0.5) is 0 Å². The Balaban J connectivity index is 2.69. The van der Waals surface area contributed by atoms with Crippen molar-refractivity contribution in [2.24, 2.45) is 0 Å². The highest BCUT2D eigenvalue weighted by Gasteiger charge is 2.41. The van der Waals surface area contributed by atoms with Crippen molar-refractivity contribution in [1.29, 1.82) is 0 Å². The van der Waals surface area contributed by atoms with Gasteiger partial charge in [0, 0.05) is 0 Å². The first kappa shape index (κ1) is 6.32. The van der Waals surface area contributed by atoms with Crippen LogP contribution in [0.2, 0.25) is 0 Å². The monoisotopic (exact) mass is 382 g/mol. The van der Waals surface area contributed by atoms with Gasteiger partial charge >= 0.3 is 0 Å². The van der Waals surface area contributed by atoms with Gasteiger partial charge in [-0.25, -0.2) is 0 Å². The van der Waals surface area contributed by atoms with Crippen molar-refractivity contribution in [2.45, 2.75) is 13.8 Å². The summed E-state index contributed by atoms with van der Waals surface area (Å²) in [5.74, 6) is 0. The lowest BCUT2D eigenvalue weighted by Gasteiger charge is -2.34. The van der Waals surface area contributed by atoms with Crippen LogP contribution in [-0.4, -0.2) is 8.07 Å². The minimum atomic E-state index is -5.59. The van der Waals surface area contributed by atoms with E-state index < -0.39 is 138 Å². The fourth-order valence-corrected chi connectivity index (χ4v) is 6.44. The maximum Gasteiger partial charge on any atom is 0.179 e. The molecule has 0 unspecified atom stereocenters. The lowest BCUT2D eigenvalue weighted by molar-refractivity contribution is 1.48. The summed E-state index contributed by atoms with van der Waals surface area (Å²) in [6.45, 7) is 2.51. The highest BCUT2D eigenvalue weighted by Crippen LogP contribution is 2.11. The van der Waals surface area contributed by atoms with Crippen molar-refractivity contribution < 1.29 is 24.7 Å². The van der Waals surface area contributed by atoms with Gasteiger partial charge in [0.15, 0.2) is 8.07 Å². The summed E-state index contributed by atoms with van der Waals surface area (Å²) in [6.07, 6.45) is 0. The van der Waals surface area contributed by atoms with Crippen LogP contribution in [0.1, 0.15) is 35.8 Å². The molecule has 0 N–H and O–H groups in total. The highest BCUT2D eigenvalue weighted by atomic mass is 28.3. The van der Waals surface area contributed by atoms with Crippen LogP contribution in [0, 0.1) is 13.8 Å². The Bertz CT molecular complexity index is 1570. The predicted octanol–water partition coefficient (Wildman–Crippen LogP) is 3.68. The molecular formula is C26H24Si. The van der Waals surface area contributed by atoms with Gasteiger partial charge in [-0.15, -0.1) is 0 Å². The minimum Gasteiger partial charge on any atom is -0.0623 e. The number of rotatable bonds is 4. The Hall–Kier alpha value is -2.90. The highest BCUT2D eigenvalue weighted by molar-refractivity contribution is 7.19. The first-order valence-electron chi connectivity index (χ1n) is 17.0. The van der Waals surface area contributed by atoms with Crippen LogP contribution in [-0.2, 0) is 0 Å². The number of hydrogen-bond donors (Lipinski definition) is 0. The Morgan fingerprint density at radius 3 is 1.52 bits per heavy atom. The van der Waals surface area contributed by atoms with E-state index in [1.165, 1.54) is 13.8 Å². The van der Waals surface area contributed by atoms with Crippen molar-refractivity contribution in [3.63, 3.8) is 0 Å². The Morgan fingerprint density at radius 1 is 0.481 bits per heavy atom. The normalized spacial score (nSPS) is 20.7. The largest absolute Gasteiger partial charge is 0.179 e. The smallest absolute Gasteiger partial charge is 0.0623 e. The van der Waals surface area contributed by atoms with Crippen molar-refractivity contribution in [1.82, 2.24) is 0 Å². The summed E-state index contributed by atoms with van der Waals surface area (Å²) in [6, 6.07) is -15.6. The molecule has 0 saturated carbocycles. The molecule has 4 rings (SSSR count). The van der Waals surface area contributed by atoms with Gasteiger partial charge in [-0.2, -0.15) is 0 Å². The van der Waals surface area contributed by atoms with Crippen molar-refractivity contribution >= 4 is 28.8 Å². The van der Waals surface area contributed by atoms with Crippen molar-refractivity contribution in [2.75, 3.05) is 0 Å². The molecular weight excluding hydrogens is 340 g/mol. The van der Waals surface area contributed by atoms with Crippen LogP contribution in [0.15, 0.2) is 109 Å². The van der Waals surface area contributed by atoms with Gasteiger partial charge in [0.2, 0.25) is 0 Å². The SMILES string of the molecule is [2H]c1c([2H])c([2H])c([Si](c2c([2H])c([2H])c([2H])c([2H])c2[2H])(c2c([2H])c([2H])c(C)c([2H])c2[2H])c2c([2H])c([2H])c([2H])c(C)c2[2H])c([2H])c1[2H]. The lowest BCUT2D eigenvalue weighted by Crippen LogP contribution is -2.74. The molecule has 0 heterocycles. The average Bonchev–Trinajstić information content (AvgIpc) is 3.00. The van der Waals surface area contributed by atoms with Gasteiger partial charge in [0.1, 0.15) is 0 Å². The van der Waals surface area contributed by atoms with Crippen LogP contribution in [0.3, 0.4) is 0 Å². The van der Waals surface area contributed by atoms with Gasteiger partial charge in [-0.3, -0.25) is 0 Å². The molecule has 1 heteroatoms. The van der Waals surface area contributed by atoms with Crippen LogP contribution < -0.4 is 20.7 Å². The summed E-state index contributed by atoms with van der Waals surface area (Å²) in [7, 11) is -5.59. The number of benzene rings is 4. The first-order valence-corrected chi connectivity index (χ1v) is 10.0. The van der Waals surface area contributed by atoms with Gasteiger partial charge in [0.05, 0.1) is 24.7 Å². The number of hydrogen-bond acceptors (Lipinski definition) is 0. The molecule has 0 aromatic heterocycles. The second-order valence-electron chi connectivity index (χ2n) is 5.75. The Labute approximate surface area is 188 Å². The van der Waals surface area contributed by atoms with Gasteiger partial charge < -0.3 is 0 Å². The molecule has 0 amide bonds. The van der Waals surface area contributed by atoms with E-state index >= 15 is 0 Å². The fourth-order valence-electron chi connectivity index (χ4n) is 2.81. The molecule has 27 heavy (non-hydrogen) atoms. The molecule has 132 valence electrons. The zero-order chi connectivity index (χ0) is 34.4. The third-order valence-corrected chi connectivity index (χ3v) is 8.00. The summed E-state index contributed by atoms with van der Waals surface area (Å²) < 4.78 is 157. The first-order chi connectivity index (χ1) is 20.7. The minimum absolute atomic E-state index is 0.158. The van der Waals surface area contributed by atoms with E-state index in [2.05, 4.69) is 0 Å². The molecule has 0 nitrogen and oxygen atoms in total. The fraction of sp³-hybridized carbons (Fsp3) is 0.0769. The molecule has 0 aliphatic carbocycles. The topological polar surface area (TPSA) is 0 Å². The molecule has 4 aromatic carbocycles. The summed E-state index contributed by atoms with van der Waals surface area (Å²) in [4.78, 5) is 0. The summed E-state index contributed by atoms with van der Waals surface area (Å²) in [5.41, 5.74) is -0.403. The third-order valence-electron chi connectivity index (χ3n) is 4.00. The molecule has 0 atom stereocenters. The maximum absolute atomic E-state index is 9.14. The van der Waals surface area contributed by atoms with Gasteiger partial charge in [0.25, 0.3) is 0 Å². The van der Waals surface area contributed by atoms with E-state index in [1.807, 2.05) is 0 Å². The van der Waals surface area contributed by atoms with E-state index in [0.29, 0.717) is 0 Å². The van der Waals surface area contributed by atoms with Crippen molar-refractivity contribution in [3.8, 4) is 0 Å². The van der Waals surface area contributed by atoms with Gasteiger partial charge in [-0.05, 0) is 34.6 Å². The van der Waals surface area contributed by atoms with Crippen LogP contribution >= 0.6 is 0 Å². The zero-order valence-electron chi connectivity index (χ0n) is 32.5. The second kappa shape index (κ2) is 7.38. The van der Waals surface area contributed by atoms with Crippen molar-refractivity contribution in [3.05, 3.63) is 120 Å². The second-order valence-corrected chi connectivity index (χ2v) is 9.25. The summed E-state index contributed by atoms with van der Waals surface area (Å²) in [5, 5.41) is -3.02. The zero-order valence-corrected chi connectivity index (χ0v) is 15.5. The molecule has 4 aromatic rings. The maximum atomic E-state index is 9.14. The Kier molecular flexibility index (Phi) is 1.73. The van der Waals surface area contributed by atoms with E-state index in [0.717, 1.165) is 0 Å². The molecule has 0 bridgehead atoms. The molecule has 0 aliphatic heterocycles.